The summed E-state index contributed by atoms with van der Waals surface area (Å²) >= 11 is 1.41. The zero-order chi connectivity index (χ0) is 16.2. The fraction of sp³-hybridized carbons (Fsp3) is 0.0625. The summed E-state index contributed by atoms with van der Waals surface area (Å²) in [5.41, 5.74) is 2.85. The van der Waals surface area contributed by atoms with Crippen molar-refractivity contribution in [1.82, 2.24) is 4.98 Å². The number of ether oxygens (including phenoxy) is 1. The SMILES string of the molecule is O=C(COC(=O)c1ccc2ncsc2c1)Nc1ccccc1F. The predicted molar refractivity (Wildman–Crippen MR) is 84.9 cm³/mol. The van der Waals surface area contributed by atoms with Gasteiger partial charge in [-0.25, -0.2) is 14.2 Å². The fourth-order valence-corrected chi connectivity index (χ4v) is 2.66. The summed E-state index contributed by atoms with van der Waals surface area (Å²) in [5, 5.41) is 2.34. The van der Waals surface area contributed by atoms with Crippen molar-refractivity contribution < 1.29 is 18.7 Å². The summed E-state index contributed by atoms with van der Waals surface area (Å²) in [4.78, 5) is 27.8. The molecular formula is C16H11FN2O3S. The third kappa shape index (κ3) is 3.51. The van der Waals surface area contributed by atoms with Gasteiger partial charge in [0.1, 0.15) is 5.82 Å². The lowest BCUT2D eigenvalue weighted by molar-refractivity contribution is -0.119. The highest BCUT2D eigenvalue weighted by molar-refractivity contribution is 7.16. The van der Waals surface area contributed by atoms with Crippen LogP contribution in [0, 0.1) is 5.82 Å². The molecule has 0 aliphatic carbocycles. The molecule has 0 bridgehead atoms. The topological polar surface area (TPSA) is 68.3 Å². The smallest absolute Gasteiger partial charge is 0.338 e. The van der Waals surface area contributed by atoms with Gasteiger partial charge < -0.3 is 10.1 Å². The van der Waals surface area contributed by atoms with E-state index < -0.39 is 24.3 Å². The zero-order valence-corrected chi connectivity index (χ0v) is 12.6. The zero-order valence-electron chi connectivity index (χ0n) is 11.8. The van der Waals surface area contributed by atoms with E-state index in [-0.39, 0.29) is 5.69 Å². The number of rotatable bonds is 4. The van der Waals surface area contributed by atoms with E-state index in [4.69, 9.17) is 4.74 Å². The average Bonchev–Trinajstić information content (AvgIpc) is 3.02. The number of carbonyl (C=O) groups is 2. The van der Waals surface area contributed by atoms with E-state index in [0.717, 1.165) is 10.2 Å². The molecule has 5 nitrogen and oxygen atoms in total. The molecule has 1 heterocycles. The summed E-state index contributed by atoms with van der Waals surface area (Å²) in [5.74, 6) is -1.78. The highest BCUT2D eigenvalue weighted by atomic mass is 32.1. The van der Waals surface area contributed by atoms with Gasteiger partial charge in [-0.05, 0) is 30.3 Å². The number of amides is 1. The van der Waals surface area contributed by atoms with Crippen molar-refractivity contribution in [2.45, 2.75) is 0 Å². The fourth-order valence-electron chi connectivity index (χ4n) is 1.95. The summed E-state index contributed by atoms with van der Waals surface area (Å²) < 4.78 is 19.2. The largest absolute Gasteiger partial charge is 0.452 e. The summed E-state index contributed by atoms with van der Waals surface area (Å²) in [6, 6.07) is 10.7. The van der Waals surface area contributed by atoms with Crippen molar-refractivity contribution in [2.75, 3.05) is 11.9 Å². The van der Waals surface area contributed by atoms with Crippen LogP contribution >= 0.6 is 11.3 Å². The molecule has 3 rings (SSSR count). The molecule has 0 atom stereocenters. The molecule has 0 unspecified atom stereocenters. The second kappa shape index (κ2) is 6.53. The lowest BCUT2D eigenvalue weighted by Gasteiger charge is -2.07. The maximum atomic E-state index is 13.4. The molecule has 3 aromatic rings. The highest BCUT2D eigenvalue weighted by Gasteiger charge is 2.12. The molecule has 1 N–H and O–H groups in total. The minimum atomic E-state index is -0.621. The number of nitrogens with one attached hydrogen (secondary N) is 1. The first-order chi connectivity index (χ1) is 11.1. The maximum absolute atomic E-state index is 13.4. The van der Waals surface area contributed by atoms with Gasteiger partial charge in [0.25, 0.3) is 5.91 Å². The Hall–Kier alpha value is -2.80. The average molecular weight is 330 g/mol. The van der Waals surface area contributed by atoms with Gasteiger partial charge in [0.05, 0.1) is 27.0 Å². The molecule has 116 valence electrons. The lowest BCUT2D eigenvalue weighted by Crippen LogP contribution is -2.21. The van der Waals surface area contributed by atoms with E-state index in [0.29, 0.717) is 5.56 Å². The molecule has 0 spiro atoms. The number of aromatic nitrogens is 1. The normalized spacial score (nSPS) is 10.5. The Morgan fingerprint density at radius 1 is 1.22 bits per heavy atom. The van der Waals surface area contributed by atoms with Crippen molar-refractivity contribution in [2.24, 2.45) is 0 Å². The van der Waals surface area contributed by atoms with Crippen molar-refractivity contribution in [1.29, 1.82) is 0 Å². The number of benzene rings is 2. The predicted octanol–water partition coefficient (Wildman–Crippen LogP) is 3.23. The molecule has 0 aliphatic heterocycles. The lowest BCUT2D eigenvalue weighted by atomic mass is 10.2. The van der Waals surface area contributed by atoms with E-state index in [1.807, 2.05) is 0 Å². The van der Waals surface area contributed by atoms with Gasteiger partial charge in [-0.3, -0.25) is 4.79 Å². The molecule has 1 amide bonds. The maximum Gasteiger partial charge on any atom is 0.338 e. The molecule has 0 radical (unpaired) electrons. The van der Waals surface area contributed by atoms with Crippen LogP contribution in [0.3, 0.4) is 0 Å². The van der Waals surface area contributed by atoms with E-state index in [2.05, 4.69) is 10.3 Å². The molecule has 0 fully saturated rings. The minimum Gasteiger partial charge on any atom is -0.452 e. The Balaban J connectivity index is 1.60. The number of halogens is 1. The van der Waals surface area contributed by atoms with Crippen LogP contribution in [0.1, 0.15) is 10.4 Å². The molecule has 23 heavy (non-hydrogen) atoms. The number of carbonyl (C=O) groups excluding carboxylic acids is 2. The summed E-state index contributed by atoms with van der Waals surface area (Å²) in [6.45, 7) is -0.492. The van der Waals surface area contributed by atoms with Gasteiger partial charge in [0.2, 0.25) is 0 Å². The number of thiazole rings is 1. The standard InChI is InChI=1S/C16H11FN2O3S/c17-11-3-1-2-4-12(11)19-15(20)8-22-16(21)10-5-6-13-14(7-10)23-9-18-13/h1-7,9H,8H2,(H,19,20). The second-order valence-corrected chi connectivity index (χ2v) is 5.53. The Labute approximate surface area is 134 Å². The van der Waals surface area contributed by atoms with E-state index >= 15 is 0 Å². The van der Waals surface area contributed by atoms with Gasteiger partial charge >= 0.3 is 5.97 Å². The van der Waals surface area contributed by atoms with Crippen molar-refractivity contribution >= 4 is 39.1 Å². The van der Waals surface area contributed by atoms with Gasteiger partial charge in [0, 0.05) is 0 Å². The summed E-state index contributed by atoms with van der Waals surface area (Å²) in [7, 11) is 0. The van der Waals surface area contributed by atoms with Crippen LogP contribution < -0.4 is 5.32 Å². The molecule has 0 saturated heterocycles. The van der Waals surface area contributed by atoms with E-state index in [1.165, 1.54) is 29.5 Å². The van der Waals surface area contributed by atoms with Crippen LogP contribution in [0.15, 0.2) is 48.0 Å². The molecule has 0 aliphatic rings. The second-order valence-electron chi connectivity index (χ2n) is 4.64. The van der Waals surface area contributed by atoms with Crippen molar-refractivity contribution in [3.05, 3.63) is 59.4 Å². The first-order valence-electron chi connectivity index (χ1n) is 6.68. The Morgan fingerprint density at radius 3 is 2.87 bits per heavy atom. The number of anilines is 1. The Morgan fingerprint density at radius 2 is 2.04 bits per heavy atom. The van der Waals surface area contributed by atoms with Crippen LogP contribution in [0.5, 0.6) is 0 Å². The van der Waals surface area contributed by atoms with Gasteiger partial charge in [-0.2, -0.15) is 0 Å². The molecule has 1 aromatic heterocycles. The number of nitrogens with zero attached hydrogens (tertiary/aromatic N) is 1. The van der Waals surface area contributed by atoms with Gasteiger partial charge in [-0.15, -0.1) is 11.3 Å². The Bertz CT molecular complexity index is 878. The van der Waals surface area contributed by atoms with Crippen LogP contribution in [0.4, 0.5) is 10.1 Å². The van der Waals surface area contributed by atoms with Gasteiger partial charge in [-0.1, -0.05) is 12.1 Å². The van der Waals surface area contributed by atoms with Crippen LogP contribution in [0.2, 0.25) is 0 Å². The number of hydrogen-bond donors (Lipinski definition) is 1. The Kier molecular flexibility index (Phi) is 4.29. The molecule has 7 heteroatoms. The van der Waals surface area contributed by atoms with Crippen molar-refractivity contribution in [3.63, 3.8) is 0 Å². The number of para-hydroxylation sites is 1. The number of esters is 1. The minimum absolute atomic E-state index is 0.0413. The first-order valence-corrected chi connectivity index (χ1v) is 7.56. The van der Waals surface area contributed by atoms with Crippen LogP contribution in [0.25, 0.3) is 10.2 Å². The quantitative estimate of drug-likeness (QED) is 0.746. The first kappa shape index (κ1) is 15.1. The van der Waals surface area contributed by atoms with Gasteiger partial charge in [0.15, 0.2) is 6.61 Å². The molecular weight excluding hydrogens is 319 g/mol. The highest BCUT2D eigenvalue weighted by Crippen LogP contribution is 2.19. The summed E-state index contributed by atoms with van der Waals surface area (Å²) in [6.07, 6.45) is 0. The monoisotopic (exact) mass is 330 g/mol. The third-order valence-corrected chi connectivity index (χ3v) is 3.84. The number of fused-ring (bicyclic) bond motifs is 1. The van der Waals surface area contributed by atoms with Crippen LogP contribution in [-0.2, 0) is 9.53 Å². The molecule has 2 aromatic carbocycles. The van der Waals surface area contributed by atoms with Crippen molar-refractivity contribution in [3.8, 4) is 0 Å². The van der Waals surface area contributed by atoms with E-state index in [1.54, 1.807) is 29.8 Å². The third-order valence-electron chi connectivity index (χ3n) is 3.05. The molecule has 0 saturated carbocycles. The van der Waals surface area contributed by atoms with Crippen LogP contribution in [-0.4, -0.2) is 23.5 Å². The number of hydrogen-bond acceptors (Lipinski definition) is 5. The van der Waals surface area contributed by atoms with E-state index in [9.17, 15) is 14.0 Å².